The second-order valence-corrected chi connectivity index (χ2v) is 4.77. The summed E-state index contributed by atoms with van der Waals surface area (Å²) in [5, 5.41) is 3.34. The zero-order chi connectivity index (χ0) is 14.5. The highest BCUT2D eigenvalue weighted by molar-refractivity contribution is 5.32. The van der Waals surface area contributed by atoms with Crippen molar-refractivity contribution >= 4 is 0 Å². The molecule has 0 amide bonds. The number of nitrogens with zero attached hydrogens (tertiary/aromatic N) is 1. The summed E-state index contributed by atoms with van der Waals surface area (Å²) in [7, 11) is 0. The summed E-state index contributed by atoms with van der Waals surface area (Å²) in [6, 6.07) is 7.58. The molecule has 0 bridgehead atoms. The number of aromatic nitrogens is 1. The summed E-state index contributed by atoms with van der Waals surface area (Å²) in [5.74, 6) is -1.67. The van der Waals surface area contributed by atoms with Crippen LogP contribution in [0, 0.1) is 18.6 Å². The predicted molar refractivity (Wildman–Crippen MR) is 75.5 cm³/mol. The lowest BCUT2D eigenvalue weighted by molar-refractivity contribution is 0.502. The zero-order valence-corrected chi connectivity index (χ0v) is 11.7. The van der Waals surface area contributed by atoms with Gasteiger partial charge in [0.2, 0.25) is 0 Å². The molecule has 0 saturated carbocycles. The van der Waals surface area contributed by atoms with Gasteiger partial charge in [-0.25, -0.2) is 8.78 Å². The summed E-state index contributed by atoms with van der Waals surface area (Å²) in [6.07, 6.45) is 2.66. The summed E-state index contributed by atoms with van der Waals surface area (Å²) >= 11 is 0. The van der Waals surface area contributed by atoms with Gasteiger partial charge in [0.25, 0.3) is 0 Å². The standard InChI is InChI=1S/C16H18F2N2/c1-3-8-19-16(15-11(2)5-4-9-20-15)12-6-7-13(17)14(18)10-12/h4-7,9-10,16,19H,3,8H2,1-2H3. The van der Waals surface area contributed by atoms with Gasteiger partial charge < -0.3 is 5.32 Å². The second-order valence-electron chi connectivity index (χ2n) is 4.77. The highest BCUT2D eigenvalue weighted by Crippen LogP contribution is 2.24. The largest absolute Gasteiger partial charge is 0.305 e. The Labute approximate surface area is 117 Å². The fourth-order valence-corrected chi connectivity index (χ4v) is 2.15. The number of nitrogens with one attached hydrogen (secondary N) is 1. The number of pyridine rings is 1. The molecule has 0 aliphatic heterocycles. The van der Waals surface area contributed by atoms with Crippen LogP contribution in [-0.2, 0) is 0 Å². The smallest absolute Gasteiger partial charge is 0.159 e. The van der Waals surface area contributed by atoms with Gasteiger partial charge >= 0.3 is 0 Å². The monoisotopic (exact) mass is 276 g/mol. The van der Waals surface area contributed by atoms with Gasteiger partial charge in [-0.05, 0) is 49.2 Å². The number of benzene rings is 1. The van der Waals surface area contributed by atoms with Gasteiger partial charge in [0.15, 0.2) is 11.6 Å². The predicted octanol–water partition coefficient (Wildman–Crippen LogP) is 3.76. The first-order chi connectivity index (χ1) is 9.63. The lowest BCUT2D eigenvalue weighted by atomic mass is 9.99. The van der Waals surface area contributed by atoms with Crippen molar-refractivity contribution < 1.29 is 8.78 Å². The highest BCUT2D eigenvalue weighted by Gasteiger charge is 2.18. The SMILES string of the molecule is CCCNC(c1ccc(F)c(F)c1)c1ncccc1C. The van der Waals surface area contributed by atoms with E-state index in [1.807, 2.05) is 19.1 Å². The van der Waals surface area contributed by atoms with Crippen molar-refractivity contribution in [2.24, 2.45) is 0 Å². The van der Waals surface area contributed by atoms with Crippen LogP contribution in [0.5, 0.6) is 0 Å². The molecule has 0 aliphatic carbocycles. The van der Waals surface area contributed by atoms with Gasteiger partial charge in [-0.15, -0.1) is 0 Å². The van der Waals surface area contributed by atoms with E-state index >= 15 is 0 Å². The van der Waals surface area contributed by atoms with E-state index in [0.29, 0.717) is 5.56 Å². The maximum Gasteiger partial charge on any atom is 0.159 e. The number of hydrogen-bond donors (Lipinski definition) is 1. The second kappa shape index (κ2) is 6.57. The minimum atomic E-state index is -0.834. The normalized spacial score (nSPS) is 12.4. The topological polar surface area (TPSA) is 24.9 Å². The van der Waals surface area contributed by atoms with Crippen LogP contribution >= 0.6 is 0 Å². The number of aryl methyl sites for hydroxylation is 1. The Kier molecular flexibility index (Phi) is 4.79. The maximum absolute atomic E-state index is 13.5. The van der Waals surface area contributed by atoms with E-state index in [1.165, 1.54) is 6.07 Å². The van der Waals surface area contributed by atoms with Crippen molar-refractivity contribution in [3.63, 3.8) is 0 Å². The molecule has 106 valence electrons. The lowest BCUT2D eigenvalue weighted by Gasteiger charge is -2.20. The van der Waals surface area contributed by atoms with Gasteiger partial charge in [-0.3, -0.25) is 4.98 Å². The van der Waals surface area contributed by atoms with Crippen molar-refractivity contribution in [1.29, 1.82) is 0 Å². The van der Waals surface area contributed by atoms with Crippen molar-refractivity contribution in [1.82, 2.24) is 10.3 Å². The number of hydrogen-bond acceptors (Lipinski definition) is 2. The van der Waals surface area contributed by atoms with Gasteiger partial charge in [0, 0.05) is 6.20 Å². The quantitative estimate of drug-likeness (QED) is 0.899. The van der Waals surface area contributed by atoms with Crippen LogP contribution in [0.3, 0.4) is 0 Å². The maximum atomic E-state index is 13.5. The van der Waals surface area contributed by atoms with Crippen LogP contribution in [0.4, 0.5) is 8.78 Å². The van der Waals surface area contributed by atoms with Gasteiger partial charge in [-0.2, -0.15) is 0 Å². The lowest BCUT2D eigenvalue weighted by Crippen LogP contribution is -2.25. The minimum absolute atomic E-state index is 0.230. The Balaban J connectivity index is 2.41. The van der Waals surface area contributed by atoms with E-state index in [9.17, 15) is 8.78 Å². The average molecular weight is 276 g/mol. The minimum Gasteiger partial charge on any atom is -0.305 e. The van der Waals surface area contributed by atoms with E-state index in [-0.39, 0.29) is 6.04 Å². The third-order valence-electron chi connectivity index (χ3n) is 3.20. The summed E-state index contributed by atoms with van der Waals surface area (Å²) in [4.78, 5) is 4.38. The van der Waals surface area contributed by atoms with E-state index in [4.69, 9.17) is 0 Å². The van der Waals surface area contributed by atoms with Crippen LogP contribution in [0.25, 0.3) is 0 Å². The van der Waals surface area contributed by atoms with E-state index < -0.39 is 11.6 Å². The molecule has 1 atom stereocenters. The number of rotatable bonds is 5. The molecule has 20 heavy (non-hydrogen) atoms. The van der Waals surface area contributed by atoms with Crippen LogP contribution < -0.4 is 5.32 Å². The van der Waals surface area contributed by atoms with Crippen LogP contribution in [0.1, 0.15) is 36.2 Å². The Hall–Kier alpha value is -1.81. The molecular formula is C16H18F2N2. The van der Waals surface area contributed by atoms with Crippen LogP contribution in [0.15, 0.2) is 36.5 Å². The van der Waals surface area contributed by atoms with Gasteiger partial charge in [0.1, 0.15) is 0 Å². The van der Waals surface area contributed by atoms with Crippen molar-refractivity contribution in [2.75, 3.05) is 6.54 Å². The van der Waals surface area contributed by atoms with E-state index in [0.717, 1.165) is 30.3 Å². The van der Waals surface area contributed by atoms with Gasteiger partial charge in [-0.1, -0.05) is 19.1 Å². The molecule has 0 saturated heterocycles. The first kappa shape index (κ1) is 14.6. The molecule has 1 heterocycles. The molecule has 1 aromatic carbocycles. The third-order valence-corrected chi connectivity index (χ3v) is 3.20. The highest BCUT2D eigenvalue weighted by atomic mass is 19.2. The summed E-state index contributed by atoms with van der Waals surface area (Å²) in [5.41, 5.74) is 2.54. The molecule has 0 radical (unpaired) electrons. The molecule has 0 fully saturated rings. The first-order valence-electron chi connectivity index (χ1n) is 6.73. The number of halogens is 2. The van der Waals surface area contributed by atoms with E-state index in [2.05, 4.69) is 17.2 Å². The van der Waals surface area contributed by atoms with Crippen molar-refractivity contribution in [2.45, 2.75) is 26.3 Å². The van der Waals surface area contributed by atoms with Crippen LogP contribution in [-0.4, -0.2) is 11.5 Å². The molecule has 1 unspecified atom stereocenters. The molecule has 1 N–H and O–H groups in total. The zero-order valence-electron chi connectivity index (χ0n) is 11.7. The van der Waals surface area contributed by atoms with Crippen molar-refractivity contribution in [3.8, 4) is 0 Å². The molecule has 2 rings (SSSR count). The Morgan fingerprint density at radius 1 is 1.20 bits per heavy atom. The first-order valence-corrected chi connectivity index (χ1v) is 6.73. The molecule has 2 aromatic rings. The summed E-state index contributed by atoms with van der Waals surface area (Å²) < 4.78 is 26.5. The molecule has 1 aromatic heterocycles. The van der Waals surface area contributed by atoms with Gasteiger partial charge in [0.05, 0.1) is 11.7 Å². The molecule has 0 spiro atoms. The molecule has 4 heteroatoms. The van der Waals surface area contributed by atoms with E-state index in [1.54, 1.807) is 12.3 Å². The summed E-state index contributed by atoms with van der Waals surface area (Å²) in [6.45, 7) is 4.79. The Morgan fingerprint density at radius 3 is 2.65 bits per heavy atom. The molecule has 2 nitrogen and oxygen atoms in total. The molecule has 0 aliphatic rings. The third kappa shape index (κ3) is 3.20. The van der Waals surface area contributed by atoms with Crippen LogP contribution in [0.2, 0.25) is 0 Å². The average Bonchev–Trinajstić information content (AvgIpc) is 2.44. The fourth-order valence-electron chi connectivity index (χ4n) is 2.15. The molecular weight excluding hydrogens is 258 g/mol. The van der Waals surface area contributed by atoms with Crippen molar-refractivity contribution in [3.05, 3.63) is 65.0 Å². The Bertz CT molecular complexity index is 584. The fraction of sp³-hybridized carbons (Fsp3) is 0.312. The Morgan fingerprint density at radius 2 is 2.00 bits per heavy atom.